The lowest BCUT2D eigenvalue weighted by atomic mass is 10.1. The van der Waals surface area contributed by atoms with Crippen molar-refractivity contribution in [1.29, 1.82) is 0 Å². The van der Waals surface area contributed by atoms with E-state index in [0.29, 0.717) is 30.4 Å². The van der Waals surface area contributed by atoms with Gasteiger partial charge in [0.2, 0.25) is 5.89 Å². The van der Waals surface area contributed by atoms with Crippen molar-refractivity contribution in [2.75, 3.05) is 6.54 Å². The second-order valence-corrected chi connectivity index (χ2v) is 7.01. The van der Waals surface area contributed by atoms with E-state index in [1.54, 1.807) is 11.0 Å². The summed E-state index contributed by atoms with van der Waals surface area (Å²) >= 11 is 0. The first kappa shape index (κ1) is 17.3. The Bertz CT molecular complexity index is 902. The zero-order valence-corrected chi connectivity index (χ0v) is 15.3. The Balaban J connectivity index is 1.49. The molecule has 1 fully saturated rings. The van der Waals surface area contributed by atoms with Crippen molar-refractivity contribution in [3.8, 4) is 0 Å². The predicted molar refractivity (Wildman–Crippen MR) is 94.8 cm³/mol. The molecule has 0 spiro atoms. The Morgan fingerprint density at radius 1 is 1.30 bits per heavy atom. The number of hydrogen-bond acceptors (Lipinski definition) is 7. The summed E-state index contributed by atoms with van der Waals surface area (Å²) in [4.78, 5) is 19.3. The van der Waals surface area contributed by atoms with Crippen molar-refractivity contribution in [3.05, 3.63) is 53.4 Å². The number of hydrogen-bond donors (Lipinski definition) is 0. The number of tetrazole rings is 1. The molecule has 0 bridgehead atoms. The molecule has 0 unspecified atom stereocenters. The van der Waals surface area contributed by atoms with Crippen LogP contribution in [0.3, 0.4) is 0 Å². The monoisotopic (exact) mass is 367 g/mol. The van der Waals surface area contributed by atoms with Crippen molar-refractivity contribution in [1.82, 2.24) is 35.2 Å². The van der Waals surface area contributed by atoms with Gasteiger partial charge >= 0.3 is 0 Å². The number of nitrogens with zero attached hydrogens (tertiary/aromatic N) is 7. The van der Waals surface area contributed by atoms with Gasteiger partial charge in [0.25, 0.3) is 5.91 Å². The number of benzene rings is 1. The fraction of sp³-hybridized carbons (Fsp3) is 0.444. The number of carbonyl (C=O) groups is 1. The third kappa shape index (κ3) is 3.57. The quantitative estimate of drug-likeness (QED) is 0.681. The van der Waals surface area contributed by atoms with Gasteiger partial charge in [-0.25, -0.2) is 4.68 Å². The average Bonchev–Trinajstić information content (AvgIpc) is 3.42. The molecule has 1 saturated heterocycles. The fourth-order valence-electron chi connectivity index (χ4n) is 3.24. The molecule has 0 saturated carbocycles. The van der Waals surface area contributed by atoms with Crippen LogP contribution in [0.5, 0.6) is 0 Å². The number of likely N-dealkylation sites (tertiary alicyclic amines) is 1. The van der Waals surface area contributed by atoms with Crippen LogP contribution in [0.1, 0.15) is 66.3 Å². The minimum Gasteiger partial charge on any atom is -0.337 e. The summed E-state index contributed by atoms with van der Waals surface area (Å²) < 4.78 is 7.06. The van der Waals surface area contributed by atoms with E-state index in [-0.39, 0.29) is 17.9 Å². The molecule has 0 aliphatic carbocycles. The third-order valence-corrected chi connectivity index (χ3v) is 4.71. The van der Waals surface area contributed by atoms with Crippen molar-refractivity contribution in [2.24, 2.45) is 0 Å². The molecular formula is C18H21N7O2. The largest absolute Gasteiger partial charge is 0.337 e. The second-order valence-electron chi connectivity index (χ2n) is 7.01. The van der Waals surface area contributed by atoms with E-state index < -0.39 is 0 Å². The van der Waals surface area contributed by atoms with Gasteiger partial charge in [0.05, 0.1) is 6.54 Å². The molecule has 1 aliphatic rings. The van der Waals surface area contributed by atoms with Gasteiger partial charge in [0, 0.05) is 18.0 Å². The summed E-state index contributed by atoms with van der Waals surface area (Å²) in [6.45, 7) is 5.29. The van der Waals surface area contributed by atoms with Crippen molar-refractivity contribution >= 4 is 5.91 Å². The van der Waals surface area contributed by atoms with Crippen molar-refractivity contribution in [2.45, 2.75) is 45.2 Å². The Kier molecular flexibility index (Phi) is 4.66. The van der Waals surface area contributed by atoms with Gasteiger partial charge in [0.15, 0.2) is 5.82 Å². The molecule has 27 heavy (non-hydrogen) atoms. The van der Waals surface area contributed by atoms with Crippen LogP contribution in [0, 0.1) is 0 Å². The minimum absolute atomic E-state index is 0.0178. The smallest absolute Gasteiger partial charge is 0.254 e. The number of aromatic nitrogens is 6. The zero-order chi connectivity index (χ0) is 18.8. The Hall–Kier alpha value is -3.10. The van der Waals surface area contributed by atoms with Gasteiger partial charge in [-0.05, 0) is 41.0 Å². The maximum atomic E-state index is 13.0. The summed E-state index contributed by atoms with van der Waals surface area (Å²) in [5.41, 5.74) is 1.67. The topological polar surface area (TPSA) is 103 Å². The molecule has 1 atom stereocenters. The molecule has 0 N–H and O–H groups in total. The van der Waals surface area contributed by atoms with E-state index >= 15 is 0 Å². The first-order valence-electron chi connectivity index (χ1n) is 9.06. The van der Waals surface area contributed by atoms with E-state index in [0.717, 1.165) is 18.4 Å². The van der Waals surface area contributed by atoms with Crippen LogP contribution in [0.25, 0.3) is 0 Å². The first-order valence-corrected chi connectivity index (χ1v) is 9.06. The third-order valence-electron chi connectivity index (χ3n) is 4.71. The molecule has 0 radical (unpaired) electrons. The molecule has 1 amide bonds. The van der Waals surface area contributed by atoms with Gasteiger partial charge in [-0.15, -0.1) is 5.10 Å². The van der Waals surface area contributed by atoms with Gasteiger partial charge < -0.3 is 9.42 Å². The van der Waals surface area contributed by atoms with Gasteiger partial charge in [-0.1, -0.05) is 31.1 Å². The lowest BCUT2D eigenvalue weighted by Gasteiger charge is -2.22. The second kappa shape index (κ2) is 7.26. The summed E-state index contributed by atoms with van der Waals surface area (Å²) in [5.74, 6) is 1.38. The van der Waals surface area contributed by atoms with E-state index in [1.165, 1.54) is 0 Å². The molecule has 9 nitrogen and oxygen atoms in total. The summed E-state index contributed by atoms with van der Waals surface area (Å²) in [7, 11) is 0. The van der Waals surface area contributed by atoms with Crippen molar-refractivity contribution in [3.63, 3.8) is 0 Å². The predicted octanol–water partition coefficient (Wildman–Crippen LogP) is 2.21. The van der Waals surface area contributed by atoms with Crippen LogP contribution in [-0.2, 0) is 6.54 Å². The number of amides is 1. The van der Waals surface area contributed by atoms with Crippen LogP contribution < -0.4 is 0 Å². The molecule has 1 aromatic carbocycles. The van der Waals surface area contributed by atoms with E-state index in [2.05, 4.69) is 25.7 Å². The summed E-state index contributed by atoms with van der Waals surface area (Å²) in [6.07, 6.45) is 3.32. The molecule has 2 aromatic heterocycles. The lowest BCUT2D eigenvalue weighted by Crippen LogP contribution is -2.30. The standard InChI is InChI=1S/C18H21N7O2/c1-12(2)16-20-17(27-21-16)15-4-3-9-25(15)18(26)14-7-5-13(6-8-14)10-24-11-19-22-23-24/h5-8,11-12,15H,3-4,9-10H2,1-2H3/t15-/m0/s1. The fourth-order valence-corrected chi connectivity index (χ4v) is 3.24. The lowest BCUT2D eigenvalue weighted by molar-refractivity contribution is 0.0710. The van der Waals surface area contributed by atoms with Crippen LogP contribution in [-0.4, -0.2) is 47.7 Å². The molecule has 9 heteroatoms. The maximum absolute atomic E-state index is 13.0. The highest BCUT2D eigenvalue weighted by Gasteiger charge is 2.34. The van der Waals surface area contributed by atoms with Gasteiger partial charge in [0.1, 0.15) is 12.4 Å². The normalized spacial score (nSPS) is 17.0. The first-order chi connectivity index (χ1) is 13.1. The van der Waals surface area contributed by atoms with Crippen LogP contribution in [0.15, 0.2) is 35.1 Å². The molecule has 3 heterocycles. The summed E-state index contributed by atoms with van der Waals surface area (Å²) in [6, 6.07) is 7.36. The maximum Gasteiger partial charge on any atom is 0.254 e. The van der Waals surface area contributed by atoms with E-state index in [4.69, 9.17) is 4.52 Å². The highest BCUT2D eigenvalue weighted by Crippen LogP contribution is 2.32. The van der Waals surface area contributed by atoms with E-state index in [9.17, 15) is 4.79 Å². The van der Waals surface area contributed by atoms with Crippen LogP contribution in [0.2, 0.25) is 0 Å². The van der Waals surface area contributed by atoms with Gasteiger partial charge in [-0.3, -0.25) is 4.79 Å². The number of carbonyl (C=O) groups excluding carboxylic acids is 1. The Morgan fingerprint density at radius 2 is 2.11 bits per heavy atom. The summed E-state index contributed by atoms with van der Waals surface area (Å²) in [5, 5.41) is 15.1. The highest BCUT2D eigenvalue weighted by atomic mass is 16.5. The zero-order valence-electron chi connectivity index (χ0n) is 15.3. The molecule has 4 rings (SSSR count). The highest BCUT2D eigenvalue weighted by molar-refractivity contribution is 5.94. The average molecular weight is 367 g/mol. The van der Waals surface area contributed by atoms with E-state index in [1.807, 2.05) is 43.0 Å². The van der Waals surface area contributed by atoms with Crippen molar-refractivity contribution < 1.29 is 9.32 Å². The van der Waals surface area contributed by atoms with Gasteiger partial charge in [-0.2, -0.15) is 4.98 Å². The Labute approximate surface area is 156 Å². The molecule has 140 valence electrons. The molecular weight excluding hydrogens is 346 g/mol. The molecule has 1 aliphatic heterocycles. The number of rotatable bonds is 5. The van der Waals surface area contributed by atoms with Crippen LogP contribution in [0.4, 0.5) is 0 Å². The minimum atomic E-state index is -0.154. The Morgan fingerprint density at radius 3 is 2.78 bits per heavy atom. The SMILES string of the molecule is CC(C)c1noc([C@@H]2CCCN2C(=O)c2ccc(Cn3cnnn3)cc2)n1. The molecule has 3 aromatic rings. The van der Waals surface area contributed by atoms with Crippen LogP contribution >= 0.6 is 0 Å².